The molecule has 0 spiro atoms. The van der Waals surface area contributed by atoms with Crippen molar-refractivity contribution in [3.8, 4) is 5.88 Å². The Hall–Kier alpha value is -2.14. The van der Waals surface area contributed by atoms with Crippen LogP contribution in [0.4, 0.5) is 5.95 Å². The van der Waals surface area contributed by atoms with Gasteiger partial charge in [-0.05, 0) is 19.4 Å². The van der Waals surface area contributed by atoms with Crippen molar-refractivity contribution in [2.75, 3.05) is 11.9 Å². The van der Waals surface area contributed by atoms with Gasteiger partial charge in [-0.1, -0.05) is 30.3 Å². The zero-order chi connectivity index (χ0) is 14.4. The van der Waals surface area contributed by atoms with Crippen molar-refractivity contribution in [3.63, 3.8) is 0 Å². The van der Waals surface area contributed by atoms with Crippen LogP contribution >= 0.6 is 0 Å². The molecule has 2 N–H and O–H groups in total. The minimum absolute atomic E-state index is 0.0390. The highest BCUT2D eigenvalue weighted by molar-refractivity contribution is 5.33. The van der Waals surface area contributed by atoms with Crippen molar-refractivity contribution in [1.29, 1.82) is 0 Å². The summed E-state index contributed by atoms with van der Waals surface area (Å²) in [6.07, 6.45) is 1.69. The van der Waals surface area contributed by atoms with E-state index in [0.29, 0.717) is 11.8 Å². The maximum absolute atomic E-state index is 9.51. The van der Waals surface area contributed by atoms with Gasteiger partial charge in [0.15, 0.2) is 0 Å². The summed E-state index contributed by atoms with van der Waals surface area (Å²) in [5.74, 6) is 0.952. The number of aliphatic hydroxyl groups is 1. The maximum atomic E-state index is 9.51. The zero-order valence-corrected chi connectivity index (χ0v) is 11.7. The summed E-state index contributed by atoms with van der Waals surface area (Å²) >= 11 is 0. The Balaban J connectivity index is 2.12. The van der Waals surface area contributed by atoms with Crippen LogP contribution in [0, 0.1) is 0 Å². The number of nitrogens with zero attached hydrogens (tertiary/aromatic N) is 2. The van der Waals surface area contributed by atoms with Gasteiger partial charge in [0.1, 0.15) is 0 Å². The molecule has 1 atom stereocenters. The molecule has 1 aromatic carbocycles. The first-order valence-electron chi connectivity index (χ1n) is 6.61. The molecule has 1 aromatic heterocycles. The minimum Gasteiger partial charge on any atom is -0.475 e. The van der Waals surface area contributed by atoms with Gasteiger partial charge in [-0.3, -0.25) is 0 Å². The van der Waals surface area contributed by atoms with E-state index < -0.39 is 0 Å². The molecule has 2 aromatic rings. The largest absolute Gasteiger partial charge is 0.475 e. The monoisotopic (exact) mass is 273 g/mol. The molecule has 0 radical (unpaired) electrons. The third-order valence-electron chi connectivity index (χ3n) is 2.67. The molecule has 0 fully saturated rings. The van der Waals surface area contributed by atoms with Gasteiger partial charge < -0.3 is 15.2 Å². The number of aromatic nitrogens is 2. The lowest BCUT2D eigenvalue weighted by atomic mass is 10.1. The second kappa shape index (κ2) is 6.86. The third kappa shape index (κ3) is 3.93. The smallest absolute Gasteiger partial charge is 0.226 e. The summed E-state index contributed by atoms with van der Waals surface area (Å²) in [5, 5.41) is 12.6. The summed E-state index contributed by atoms with van der Waals surface area (Å²) in [6, 6.07) is 11.2. The molecule has 20 heavy (non-hydrogen) atoms. The van der Waals surface area contributed by atoms with Crippen LogP contribution < -0.4 is 10.1 Å². The molecule has 0 saturated heterocycles. The summed E-state index contributed by atoms with van der Waals surface area (Å²) in [6.45, 7) is 3.84. The van der Waals surface area contributed by atoms with Crippen LogP contribution in [-0.4, -0.2) is 27.8 Å². The second-order valence-corrected chi connectivity index (χ2v) is 4.68. The lowest BCUT2D eigenvalue weighted by Crippen LogP contribution is -2.17. The Morgan fingerprint density at radius 3 is 2.60 bits per heavy atom. The molecule has 2 rings (SSSR count). The van der Waals surface area contributed by atoms with E-state index in [1.54, 1.807) is 12.3 Å². The van der Waals surface area contributed by atoms with Gasteiger partial charge in [0.05, 0.1) is 18.8 Å². The van der Waals surface area contributed by atoms with Crippen molar-refractivity contribution in [1.82, 2.24) is 9.97 Å². The van der Waals surface area contributed by atoms with Gasteiger partial charge in [-0.2, -0.15) is 4.98 Å². The normalized spacial score (nSPS) is 12.2. The predicted octanol–water partition coefficient (Wildman–Crippen LogP) is 2.41. The molecular weight excluding hydrogens is 254 g/mol. The van der Waals surface area contributed by atoms with E-state index in [2.05, 4.69) is 15.3 Å². The number of hydrogen-bond acceptors (Lipinski definition) is 5. The van der Waals surface area contributed by atoms with E-state index in [4.69, 9.17) is 4.74 Å². The average molecular weight is 273 g/mol. The van der Waals surface area contributed by atoms with Gasteiger partial charge in [-0.25, -0.2) is 4.98 Å². The Bertz CT molecular complexity index is 532. The summed E-state index contributed by atoms with van der Waals surface area (Å²) in [5.41, 5.74) is 0.980. The zero-order valence-electron chi connectivity index (χ0n) is 11.7. The Morgan fingerprint density at radius 1 is 1.20 bits per heavy atom. The molecule has 106 valence electrons. The van der Waals surface area contributed by atoms with Crippen molar-refractivity contribution < 1.29 is 9.84 Å². The van der Waals surface area contributed by atoms with Crippen molar-refractivity contribution in [3.05, 3.63) is 48.2 Å². The Morgan fingerprint density at radius 2 is 1.95 bits per heavy atom. The lowest BCUT2D eigenvalue weighted by molar-refractivity contribution is 0.232. The molecule has 1 unspecified atom stereocenters. The quantitative estimate of drug-likeness (QED) is 0.846. The van der Waals surface area contributed by atoms with Gasteiger partial charge in [0.25, 0.3) is 0 Å². The van der Waals surface area contributed by atoms with Crippen LogP contribution in [0.1, 0.15) is 25.5 Å². The average Bonchev–Trinajstić information content (AvgIpc) is 2.45. The summed E-state index contributed by atoms with van der Waals surface area (Å²) < 4.78 is 5.52. The Kier molecular flexibility index (Phi) is 4.90. The minimum atomic E-state index is -0.245. The van der Waals surface area contributed by atoms with Crippen LogP contribution in [0.2, 0.25) is 0 Å². The van der Waals surface area contributed by atoms with E-state index in [-0.39, 0.29) is 18.8 Å². The molecule has 0 bridgehead atoms. The molecule has 0 saturated carbocycles. The molecular formula is C15H19N3O2. The van der Waals surface area contributed by atoms with Gasteiger partial charge in [0, 0.05) is 12.3 Å². The molecule has 5 heteroatoms. The first-order valence-corrected chi connectivity index (χ1v) is 6.61. The van der Waals surface area contributed by atoms with E-state index in [0.717, 1.165) is 5.56 Å². The highest BCUT2D eigenvalue weighted by Gasteiger charge is 2.11. The van der Waals surface area contributed by atoms with Crippen LogP contribution in [0.15, 0.2) is 42.6 Å². The van der Waals surface area contributed by atoms with E-state index in [1.165, 1.54) is 0 Å². The van der Waals surface area contributed by atoms with E-state index >= 15 is 0 Å². The first-order chi connectivity index (χ1) is 9.69. The number of nitrogens with one attached hydrogen (secondary N) is 1. The maximum Gasteiger partial charge on any atom is 0.226 e. The highest BCUT2D eigenvalue weighted by atomic mass is 16.5. The standard InChI is InChI=1S/C15H19N3O2/c1-11(2)20-14-8-9-16-15(18-14)17-13(10-19)12-6-4-3-5-7-12/h3-9,11,13,19H,10H2,1-2H3,(H,16,17,18). The second-order valence-electron chi connectivity index (χ2n) is 4.68. The third-order valence-corrected chi connectivity index (χ3v) is 2.67. The fraction of sp³-hybridized carbons (Fsp3) is 0.333. The van der Waals surface area contributed by atoms with Gasteiger partial charge in [-0.15, -0.1) is 0 Å². The first kappa shape index (κ1) is 14.3. The SMILES string of the molecule is CC(C)Oc1ccnc(NC(CO)c2ccccc2)n1. The predicted molar refractivity (Wildman–Crippen MR) is 77.7 cm³/mol. The number of hydrogen-bond donors (Lipinski definition) is 2. The lowest BCUT2D eigenvalue weighted by Gasteiger charge is -2.17. The fourth-order valence-corrected chi connectivity index (χ4v) is 1.79. The van der Waals surface area contributed by atoms with Crippen LogP contribution in [0.3, 0.4) is 0 Å². The van der Waals surface area contributed by atoms with Crippen molar-refractivity contribution in [2.45, 2.75) is 26.0 Å². The van der Waals surface area contributed by atoms with Gasteiger partial charge >= 0.3 is 0 Å². The van der Waals surface area contributed by atoms with Crippen molar-refractivity contribution >= 4 is 5.95 Å². The Labute approximate surface area is 118 Å². The molecule has 0 aliphatic heterocycles. The van der Waals surface area contributed by atoms with Crippen LogP contribution in [0.5, 0.6) is 5.88 Å². The highest BCUT2D eigenvalue weighted by Crippen LogP contribution is 2.18. The summed E-state index contributed by atoms with van der Waals surface area (Å²) in [4.78, 5) is 8.42. The number of rotatable bonds is 6. The topological polar surface area (TPSA) is 67.3 Å². The number of benzene rings is 1. The van der Waals surface area contributed by atoms with Gasteiger partial charge in [0.2, 0.25) is 11.8 Å². The van der Waals surface area contributed by atoms with Crippen LogP contribution in [-0.2, 0) is 0 Å². The number of aliphatic hydroxyl groups excluding tert-OH is 1. The van der Waals surface area contributed by atoms with Crippen molar-refractivity contribution in [2.24, 2.45) is 0 Å². The molecule has 0 aliphatic carbocycles. The molecule has 5 nitrogen and oxygen atoms in total. The summed E-state index contributed by atoms with van der Waals surface area (Å²) in [7, 11) is 0. The number of ether oxygens (including phenoxy) is 1. The molecule has 0 amide bonds. The molecule has 0 aliphatic rings. The molecule has 1 heterocycles. The fourth-order valence-electron chi connectivity index (χ4n) is 1.79. The van der Waals surface area contributed by atoms with E-state index in [9.17, 15) is 5.11 Å². The van der Waals surface area contributed by atoms with Crippen LogP contribution in [0.25, 0.3) is 0 Å². The van der Waals surface area contributed by atoms with E-state index in [1.807, 2.05) is 44.2 Å². The number of anilines is 1.